The van der Waals surface area contributed by atoms with E-state index in [0.29, 0.717) is 23.5 Å². The highest BCUT2D eigenvalue weighted by molar-refractivity contribution is 5.81. The first-order chi connectivity index (χ1) is 15.8. The quantitative estimate of drug-likeness (QED) is 0.488. The molecule has 33 heavy (non-hydrogen) atoms. The molecule has 1 aromatic heterocycles. The van der Waals surface area contributed by atoms with E-state index in [0.717, 1.165) is 34.5 Å². The second-order valence-electron chi connectivity index (χ2n) is 8.01. The molecule has 0 amide bonds. The molecule has 174 valence electrons. The highest BCUT2D eigenvalue weighted by Gasteiger charge is 2.42. The van der Waals surface area contributed by atoms with Gasteiger partial charge in [-0.1, -0.05) is 56.2 Å². The first kappa shape index (κ1) is 22.6. The molecular weight excluding hydrogens is 433 g/mol. The van der Waals surface area contributed by atoms with Crippen LogP contribution >= 0.6 is 0 Å². The summed E-state index contributed by atoms with van der Waals surface area (Å²) in [6, 6.07) is 14.5. The number of rotatable bonds is 7. The highest BCUT2D eigenvalue weighted by Crippen LogP contribution is 2.38. The second kappa shape index (κ2) is 9.13. The van der Waals surface area contributed by atoms with Crippen molar-refractivity contribution >= 4 is 5.69 Å². The van der Waals surface area contributed by atoms with Crippen LogP contribution in [0.4, 0.5) is 18.9 Å². The Balaban J connectivity index is 1.69. The standard InChI is InChI=1S/C23H25F3N6O/c1-3-4-9-20-15(2)22(33)31(14-23(24,25)26)32(20)17-12-10-16(11-13-17)18-7-5-6-8-19(18)21-27-29-30-28-21/h5-8,10-13,20,33H,3-4,9,14H2,1-2H3,(H,27,28,29,30). The smallest absolute Gasteiger partial charge is 0.408 e. The number of unbranched alkanes of at least 4 members (excludes halogenated alkanes) is 1. The molecule has 0 spiro atoms. The lowest BCUT2D eigenvalue weighted by molar-refractivity contribution is -0.146. The van der Waals surface area contributed by atoms with Gasteiger partial charge >= 0.3 is 6.18 Å². The number of hydrazine groups is 1. The second-order valence-corrected chi connectivity index (χ2v) is 8.01. The summed E-state index contributed by atoms with van der Waals surface area (Å²) in [5.41, 5.74) is 3.64. The number of nitrogens with one attached hydrogen (secondary N) is 1. The summed E-state index contributed by atoms with van der Waals surface area (Å²) >= 11 is 0. The van der Waals surface area contributed by atoms with Gasteiger partial charge in [0, 0.05) is 11.1 Å². The molecule has 1 aliphatic rings. The molecule has 2 N–H and O–H groups in total. The van der Waals surface area contributed by atoms with Crippen LogP contribution in [0.1, 0.15) is 33.1 Å². The summed E-state index contributed by atoms with van der Waals surface area (Å²) in [5.74, 6) is 0.120. The van der Waals surface area contributed by atoms with Gasteiger partial charge in [0.15, 0.2) is 0 Å². The summed E-state index contributed by atoms with van der Waals surface area (Å²) in [4.78, 5) is 0. The fraction of sp³-hybridized carbons (Fsp3) is 0.348. The number of tetrazole rings is 1. The molecule has 0 bridgehead atoms. The maximum absolute atomic E-state index is 13.3. The maximum atomic E-state index is 13.3. The molecule has 4 rings (SSSR count). The number of hydrogen-bond donors (Lipinski definition) is 2. The Morgan fingerprint density at radius 1 is 1.06 bits per heavy atom. The molecule has 0 saturated heterocycles. The van der Waals surface area contributed by atoms with Gasteiger partial charge in [-0.3, -0.25) is 5.01 Å². The number of anilines is 1. The minimum Gasteiger partial charge on any atom is -0.493 e. The van der Waals surface area contributed by atoms with Crippen molar-refractivity contribution in [1.82, 2.24) is 25.6 Å². The number of H-pyrrole nitrogens is 1. The van der Waals surface area contributed by atoms with Crippen LogP contribution in [0.2, 0.25) is 0 Å². The zero-order valence-electron chi connectivity index (χ0n) is 18.3. The number of benzene rings is 2. The van der Waals surface area contributed by atoms with Gasteiger partial charge in [-0.2, -0.15) is 18.4 Å². The number of halogens is 3. The third-order valence-electron chi connectivity index (χ3n) is 5.77. The monoisotopic (exact) mass is 458 g/mol. The van der Waals surface area contributed by atoms with Crippen LogP contribution in [0, 0.1) is 0 Å². The van der Waals surface area contributed by atoms with Gasteiger partial charge in [0.25, 0.3) is 0 Å². The molecule has 2 heterocycles. The van der Waals surface area contributed by atoms with Crippen LogP contribution in [0.3, 0.4) is 0 Å². The summed E-state index contributed by atoms with van der Waals surface area (Å²) in [6.07, 6.45) is -2.08. The van der Waals surface area contributed by atoms with Crippen molar-refractivity contribution in [2.45, 2.75) is 45.3 Å². The number of aliphatic hydroxyl groups excluding tert-OH is 1. The molecule has 2 aromatic carbocycles. The Kier molecular flexibility index (Phi) is 6.26. The summed E-state index contributed by atoms with van der Waals surface area (Å²) < 4.78 is 40.0. The Hall–Kier alpha value is -3.56. The van der Waals surface area contributed by atoms with Crippen LogP contribution in [0.15, 0.2) is 60.0 Å². The highest BCUT2D eigenvalue weighted by atomic mass is 19.4. The fourth-order valence-corrected chi connectivity index (χ4v) is 4.18. The number of aromatic amines is 1. The Morgan fingerprint density at radius 3 is 2.36 bits per heavy atom. The first-order valence-corrected chi connectivity index (χ1v) is 10.8. The van der Waals surface area contributed by atoms with Crippen LogP contribution in [-0.4, -0.2) is 49.5 Å². The molecule has 1 unspecified atom stereocenters. The summed E-state index contributed by atoms with van der Waals surface area (Å²) in [7, 11) is 0. The van der Waals surface area contributed by atoms with Crippen molar-refractivity contribution in [3.8, 4) is 22.5 Å². The first-order valence-electron chi connectivity index (χ1n) is 10.8. The van der Waals surface area contributed by atoms with Crippen molar-refractivity contribution in [2.75, 3.05) is 11.6 Å². The van der Waals surface area contributed by atoms with Crippen LogP contribution in [-0.2, 0) is 0 Å². The number of nitrogens with zero attached hydrogens (tertiary/aromatic N) is 5. The molecule has 1 aliphatic heterocycles. The van der Waals surface area contributed by atoms with E-state index in [1.165, 1.54) is 0 Å². The van der Waals surface area contributed by atoms with E-state index >= 15 is 0 Å². The van der Waals surface area contributed by atoms with Crippen molar-refractivity contribution in [3.63, 3.8) is 0 Å². The minimum absolute atomic E-state index is 0.333. The number of aliphatic hydroxyl groups is 1. The SMILES string of the molecule is CCCCC1C(C)=C(O)N(CC(F)(F)F)N1c1ccc(-c2ccccc2-c2nn[nH]n2)cc1. The van der Waals surface area contributed by atoms with Crippen molar-refractivity contribution in [3.05, 3.63) is 60.0 Å². The van der Waals surface area contributed by atoms with Crippen LogP contribution < -0.4 is 5.01 Å². The van der Waals surface area contributed by atoms with E-state index in [4.69, 9.17) is 0 Å². The predicted octanol–water partition coefficient (Wildman–Crippen LogP) is 5.48. The maximum Gasteiger partial charge on any atom is 0.408 e. The van der Waals surface area contributed by atoms with Crippen LogP contribution in [0.5, 0.6) is 0 Å². The predicted molar refractivity (Wildman–Crippen MR) is 119 cm³/mol. The topological polar surface area (TPSA) is 81.2 Å². The largest absolute Gasteiger partial charge is 0.493 e. The fourth-order valence-electron chi connectivity index (χ4n) is 4.18. The molecule has 0 saturated carbocycles. The van der Waals surface area contributed by atoms with Gasteiger partial charge in [0.2, 0.25) is 11.7 Å². The van der Waals surface area contributed by atoms with Gasteiger partial charge in [-0.25, -0.2) is 5.01 Å². The van der Waals surface area contributed by atoms with E-state index < -0.39 is 12.7 Å². The number of alkyl halides is 3. The van der Waals surface area contributed by atoms with Crippen molar-refractivity contribution in [1.29, 1.82) is 0 Å². The van der Waals surface area contributed by atoms with Gasteiger partial charge in [0.1, 0.15) is 6.54 Å². The number of aromatic nitrogens is 4. The lowest BCUT2D eigenvalue weighted by Crippen LogP contribution is -2.47. The lowest BCUT2D eigenvalue weighted by atomic mass is 9.98. The Morgan fingerprint density at radius 2 is 1.76 bits per heavy atom. The van der Waals surface area contributed by atoms with Crippen LogP contribution in [0.25, 0.3) is 22.5 Å². The van der Waals surface area contributed by atoms with E-state index in [-0.39, 0.29) is 11.9 Å². The average molecular weight is 458 g/mol. The van der Waals surface area contributed by atoms with Gasteiger partial charge in [0.05, 0.1) is 11.7 Å². The molecule has 3 aromatic rings. The van der Waals surface area contributed by atoms with E-state index in [9.17, 15) is 18.3 Å². The van der Waals surface area contributed by atoms with Gasteiger partial charge < -0.3 is 5.11 Å². The zero-order chi connectivity index (χ0) is 23.6. The van der Waals surface area contributed by atoms with Crippen molar-refractivity contribution in [2.24, 2.45) is 0 Å². The summed E-state index contributed by atoms with van der Waals surface area (Å²) in [5, 5.41) is 27.2. The Labute approximate surface area is 189 Å². The molecule has 0 aliphatic carbocycles. The summed E-state index contributed by atoms with van der Waals surface area (Å²) in [6.45, 7) is 2.46. The zero-order valence-corrected chi connectivity index (χ0v) is 18.3. The van der Waals surface area contributed by atoms with Gasteiger partial charge in [-0.15, -0.1) is 10.2 Å². The Bertz CT molecular complexity index is 1110. The van der Waals surface area contributed by atoms with E-state index in [1.807, 2.05) is 43.3 Å². The van der Waals surface area contributed by atoms with E-state index in [2.05, 4.69) is 20.6 Å². The molecular formula is C23H25F3N6O. The number of hydrogen-bond acceptors (Lipinski definition) is 6. The molecule has 0 fully saturated rings. The molecule has 0 radical (unpaired) electrons. The lowest BCUT2D eigenvalue weighted by Gasteiger charge is -2.36. The normalized spacial score (nSPS) is 16.7. The van der Waals surface area contributed by atoms with Crippen molar-refractivity contribution < 1.29 is 18.3 Å². The minimum atomic E-state index is -4.46. The molecule has 7 nitrogen and oxygen atoms in total. The van der Waals surface area contributed by atoms with Gasteiger partial charge in [-0.05, 0) is 41.8 Å². The average Bonchev–Trinajstić information content (AvgIpc) is 3.41. The third kappa shape index (κ3) is 4.64. The molecule has 10 heteroatoms. The molecule has 1 atom stereocenters. The third-order valence-corrected chi connectivity index (χ3v) is 5.77. The van der Waals surface area contributed by atoms with E-state index in [1.54, 1.807) is 24.1 Å².